The van der Waals surface area contributed by atoms with Crippen LogP contribution in [0.4, 0.5) is 0 Å². The van der Waals surface area contributed by atoms with Crippen LogP contribution in [-0.4, -0.2) is 37.9 Å². The van der Waals surface area contributed by atoms with Crippen molar-refractivity contribution in [2.45, 2.75) is 109 Å². The largest absolute Gasteiger partial charge is 0.780 e. The molecule has 28 heavy (non-hydrogen) atoms. The van der Waals surface area contributed by atoms with E-state index in [1.54, 1.807) is 7.11 Å². The zero-order valence-electron chi connectivity index (χ0n) is 18.2. The fourth-order valence-corrected chi connectivity index (χ4v) is 3.77. The summed E-state index contributed by atoms with van der Waals surface area (Å²) < 4.78 is 15.4. The molecule has 0 aliphatic rings. The third kappa shape index (κ3) is 22.7. The van der Waals surface area contributed by atoms with E-state index < -0.39 is 6.72 Å². The van der Waals surface area contributed by atoms with Crippen LogP contribution in [0.3, 0.4) is 0 Å². The van der Waals surface area contributed by atoms with Gasteiger partial charge in [-0.1, -0.05) is 109 Å². The number of rotatable bonds is 22. The summed E-state index contributed by atoms with van der Waals surface area (Å²) in [6.07, 6.45) is 19.6. The Bertz CT molecular complexity index is 365. The highest BCUT2D eigenvalue weighted by atomic mass is 32.5. The number of hydrogen-bond donors (Lipinski definition) is 1. The first-order chi connectivity index (χ1) is 13.5. The summed E-state index contributed by atoms with van der Waals surface area (Å²) in [5.74, 6) is 0. The van der Waals surface area contributed by atoms with Crippen LogP contribution < -0.4 is 4.89 Å². The van der Waals surface area contributed by atoms with E-state index in [1.807, 2.05) is 0 Å². The van der Waals surface area contributed by atoms with Gasteiger partial charge in [0.15, 0.2) is 0 Å². The van der Waals surface area contributed by atoms with Crippen LogP contribution in [0.2, 0.25) is 0 Å². The van der Waals surface area contributed by atoms with E-state index in [9.17, 15) is 4.89 Å². The molecule has 0 aromatic rings. The summed E-state index contributed by atoms with van der Waals surface area (Å²) in [7, 11) is 1.57. The molecular formula is C21H44O5PS-. The number of ether oxygens (including phenoxy) is 2. The molecule has 7 heteroatoms. The van der Waals surface area contributed by atoms with Gasteiger partial charge in [0, 0.05) is 13.7 Å². The standard InChI is InChI=1S/C21H45O5PS/c1-3-4-5-6-7-8-9-10-11-12-13-14-15-16-17-18-25-21(19-24-2)20-26-27(22,23)28/h21H,3-20H2,1-2H3,(H2,22,23,28)/p-1. The first kappa shape index (κ1) is 28.5. The lowest BCUT2D eigenvalue weighted by Crippen LogP contribution is -2.26. The highest BCUT2D eigenvalue weighted by Gasteiger charge is 2.11. The van der Waals surface area contributed by atoms with Gasteiger partial charge in [-0.05, 0) is 6.42 Å². The molecule has 0 aromatic heterocycles. The van der Waals surface area contributed by atoms with Crippen molar-refractivity contribution in [3.63, 3.8) is 0 Å². The second-order valence-corrected chi connectivity index (χ2v) is 10.2. The van der Waals surface area contributed by atoms with Crippen LogP contribution in [0, 0.1) is 0 Å². The predicted octanol–water partition coefficient (Wildman–Crippen LogP) is 5.48. The Hall–Kier alpha value is 0.450. The lowest BCUT2D eigenvalue weighted by molar-refractivity contribution is -0.204. The van der Waals surface area contributed by atoms with E-state index in [4.69, 9.17) is 18.9 Å². The van der Waals surface area contributed by atoms with E-state index in [2.05, 4.69) is 18.7 Å². The molecule has 0 radical (unpaired) electrons. The van der Waals surface area contributed by atoms with Gasteiger partial charge in [0.2, 0.25) is 0 Å². The van der Waals surface area contributed by atoms with Crippen molar-refractivity contribution in [1.82, 2.24) is 0 Å². The Balaban J connectivity index is 3.34. The van der Waals surface area contributed by atoms with E-state index in [1.165, 1.54) is 83.5 Å². The van der Waals surface area contributed by atoms with Crippen molar-refractivity contribution in [3.05, 3.63) is 0 Å². The van der Waals surface area contributed by atoms with Crippen LogP contribution in [0.15, 0.2) is 0 Å². The Morgan fingerprint density at radius 1 is 0.786 bits per heavy atom. The molecule has 2 atom stereocenters. The van der Waals surface area contributed by atoms with Crippen LogP contribution in [0.5, 0.6) is 0 Å². The summed E-state index contributed by atoms with van der Waals surface area (Å²) >= 11 is 4.33. The monoisotopic (exact) mass is 439 g/mol. The minimum Gasteiger partial charge on any atom is -0.780 e. The van der Waals surface area contributed by atoms with Crippen LogP contribution >= 0.6 is 6.72 Å². The second kappa shape index (κ2) is 20.7. The van der Waals surface area contributed by atoms with Gasteiger partial charge in [-0.3, -0.25) is 0 Å². The highest BCUT2D eigenvalue weighted by Crippen LogP contribution is 2.31. The first-order valence-corrected chi connectivity index (χ1v) is 13.9. The minimum absolute atomic E-state index is 0.0101. The van der Waals surface area contributed by atoms with E-state index in [0.717, 1.165) is 12.8 Å². The number of unbranched alkanes of at least 4 members (excludes halogenated alkanes) is 14. The summed E-state index contributed by atoms with van der Waals surface area (Å²) in [5, 5.41) is 0. The molecule has 0 saturated heterocycles. The van der Waals surface area contributed by atoms with E-state index in [0.29, 0.717) is 13.2 Å². The molecule has 0 rings (SSSR count). The summed E-state index contributed by atoms with van der Waals surface area (Å²) in [6.45, 7) is -0.671. The summed E-state index contributed by atoms with van der Waals surface area (Å²) in [4.78, 5) is 20.0. The molecule has 0 fully saturated rings. The summed E-state index contributed by atoms with van der Waals surface area (Å²) in [5.41, 5.74) is 0. The van der Waals surface area contributed by atoms with Crippen molar-refractivity contribution in [2.24, 2.45) is 0 Å². The third-order valence-corrected chi connectivity index (χ3v) is 5.67. The van der Waals surface area contributed by atoms with Gasteiger partial charge in [0.25, 0.3) is 0 Å². The topological polar surface area (TPSA) is 71.0 Å². The molecule has 0 saturated carbocycles. The third-order valence-electron chi connectivity index (χ3n) is 4.88. The molecule has 0 bridgehead atoms. The Morgan fingerprint density at radius 3 is 1.61 bits per heavy atom. The molecule has 0 amide bonds. The lowest BCUT2D eigenvalue weighted by Gasteiger charge is -2.24. The molecule has 1 N–H and O–H groups in total. The molecule has 0 aliphatic heterocycles. The van der Waals surface area contributed by atoms with Gasteiger partial charge in [0.1, 0.15) is 12.8 Å². The average molecular weight is 440 g/mol. The molecule has 5 nitrogen and oxygen atoms in total. The molecule has 0 aliphatic carbocycles. The van der Waals surface area contributed by atoms with Crippen LogP contribution in [-0.2, 0) is 25.8 Å². The Morgan fingerprint density at radius 2 is 1.21 bits per heavy atom. The maximum atomic E-state index is 11.0. The molecular weight excluding hydrogens is 395 g/mol. The fourth-order valence-electron chi connectivity index (χ4n) is 3.23. The molecule has 0 heterocycles. The zero-order valence-corrected chi connectivity index (χ0v) is 20.0. The van der Waals surface area contributed by atoms with Crippen molar-refractivity contribution in [3.8, 4) is 0 Å². The minimum atomic E-state index is -3.87. The fraction of sp³-hybridized carbons (Fsp3) is 1.00. The van der Waals surface area contributed by atoms with Crippen molar-refractivity contribution < 1.29 is 23.8 Å². The predicted molar refractivity (Wildman–Crippen MR) is 119 cm³/mol. The zero-order chi connectivity index (χ0) is 20.9. The van der Waals surface area contributed by atoms with Crippen molar-refractivity contribution >= 4 is 18.5 Å². The average Bonchev–Trinajstić information content (AvgIpc) is 2.65. The Kier molecular flexibility index (Phi) is 21.0. The van der Waals surface area contributed by atoms with Gasteiger partial charge in [-0.15, -0.1) is 0 Å². The summed E-state index contributed by atoms with van der Waals surface area (Å²) in [6, 6.07) is 0. The normalized spacial score (nSPS) is 14.9. The smallest absolute Gasteiger partial charge is 0.112 e. The first-order valence-electron chi connectivity index (χ1n) is 11.3. The van der Waals surface area contributed by atoms with Gasteiger partial charge in [-0.25, -0.2) is 0 Å². The number of hydrogen-bond acceptors (Lipinski definition) is 5. The molecule has 2 unspecified atom stereocenters. The van der Waals surface area contributed by atoms with Crippen molar-refractivity contribution in [1.29, 1.82) is 0 Å². The van der Waals surface area contributed by atoms with Crippen LogP contribution in [0.25, 0.3) is 0 Å². The van der Waals surface area contributed by atoms with Gasteiger partial charge in [0.05, 0.1) is 13.2 Å². The van der Waals surface area contributed by atoms with Gasteiger partial charge in [-0.2, -0.15) is 0 Å². The van der Waals surface area contributed by atoms with E-state index in [-0.39, 0.29) is 12.7 Å². The van der Waals surface area contributed by atoms with Crippen molar-refractivity contribution in [2.75, 3.05) is 26.9 Å². The molecule has 0 spiro atoms. The quantitative estimate of drug-likeness (QED) is 0.178. The highest BCUT2D eigenvalue weighted by molar-refractivity contribution is 8.06. The molecule has 170 valence electrons. The maximum Gasteiger partial charge on any atom is 0.112 e. The van der Waals surface area contributed by atoms with Gasteiger partial charge >= 0.3 is 0 Å². The maximum absolute atomic E-state index is 11.0. The SMILES string of the molecule is CCCCCCCCCCCCCCCCCOC(COC)COP([O-])(O)=S. The van der Waals surface area contributed by atoms with E-state index >= 15 is 0 Å². The molecule has 0 aromatic carbocycles. The van der Waals surface area contributed by atoms with Crippen LogP contribution in [0.1, 0.15) is 103 Å². The lowest BCUT2D eigenvalue weighted by atomic mass is 10.0. The second-order valence-electron chi connectivity index (χ2n) is 7.66. The Labute approximate surface area is 178 Å². The van der Waals surface area contributed by atoms with Gasteiger partial charge < -0.3 is 23.8 Å². The number of methoxy groups -OCH3 is 1.